The van der Waals surface area contributed by atoms with E-state index in [4.69, 9.17) is 27.8 Å². The summed E-state index contributed by atoms with van der Waals surface area (Å²) in [5, 5.41) is 4.10. The fraction of sp³-hybridized carbons (Fsp3) is 0.588. The maximum Gasteiger partial charge on any atom is 0.405 e. The Labute approximate surface area is 142 Å². The second kappa shape index (κ2) is 6.48. The zero-order valence-electron chi connectivity index (χ0n) is 14.0. The van der Waals surface area contributed by atoms with Crippen molar-refractivity contribution in [2.75, 3.05) is 11.1 Å². The molecular formula is C17H26ClN3O2. The zero-order valence-corrected chi connectivity index (χ0v) is 14.7. The van der Waals surface area contributed by atoms with Crippen LogP contribution in [0.15, 0.2) is 18.2 Å². The zero-order chi connectivity index (χ0) is 17.3. The van der Waals surface area contributed by atoms with Gasteiger partial charge in [0.25, 0.3) is 0 Å². The molecule has 1 aromatic rings. The molecule has 1 fully saturated rings. The molecule has 0 aliphatic heterocycles. The summed E-state index contributed by atoms with van der Waals surface area (Å²) in [5.41, 5.74) is 12.1. The van der Waals surface area contributed by atoms with E-state index in [0.717, 1.165) is 31.4 Å². The number of hydrogen-bond acceptors (Lipinski definition) is 4. The fourth-order valence-corrected chi connectivity index (χ4v) is 3.47. The monoisotopic (exact) mass is 339 g/mol. The van der Waals surface area contributed by atoms with Gasteiger partial charge in [0.05, 0.1) is 11.4 Å². The second-order valence-electron chi connectivity index (χ2n) is 7.32. The molecule has 5 N–H and O–H groups in total. The van der Waals surface area contributed by atoms with Gasteiger partial charge in [0.15, 0.2) is 0 Å². The lowest BCUT2D eigenvalue weighted by atomic mass is 9.67. The van der Waals surface area contributed by atoms with Crippen molar-refractivity contribution in [2.45, 2.75) is 58.1 Å². The van der Waals surface area contributed by atoms with E-state index in [1.807, 2.05) is 6.07 Å². The minimum absolute atomic E-state index is 0.165. The van der Waals surface area contributed by atoms with Crippen LogP contribution in [0, 0.1) is 5.41 Å². The SMILES string of the molecule is CC(C)(C)[C@]1(OC(N)=O)CC[C@H](Nc2cc(Cl)ccc2N)CC1. The molecule has 23 heavy (non-hydrogen) atoms. The van der Waals surface area contributed by atoms with Crippen molar-refractivity contribution in [1.29, 1.82) is 0 Å². The van der Waals surface area contributed by atoms with E-state index >= 15 is 0 Å². The third kappa shape index (κ3) is 4.02. The number of ether oxygens (including phenoxy) is 1. The molecule has 0 saturated heterocycles. The Morgan fingerprint density at radius 1 is 1.35 bits per heavy atom. The van der Waals surface area contributed by atoms with E-state index in [2.05, 4.69) is 26.1 Å². The molecule has 128 valence electrons. The fourth-order valence-electron chi connectivity index (χ4n) is 3.30. The van der Waals surface area contributed by atoms with Crippen molar-refractivity contribution in [3.8, 4) is 0 Å². The second-order valence-corrected chi connectivity index (χ2v) is 7.75. The number of anilines is 2. The van der Waals surface area contributed by atoms with E-state index in [-0.39, 0.29) is 11.5 Å². The van der Waals surface area contributed by atoms with E-state index < -0.39 is 11.7 Å². The van der Waals surface area contributed by atoms with Crippen molar-refractivity contribution < 1.29 is 9.53 Å². The number of nitrogens with one attached hydrogen (secondary N) is 1. The molecule has 0 spiro atoms. The van der Waals surface area contributed by atoms with Crippen LogP contribution in [0.2, 0.25) is 5.02 Å². The Morgan fingerprint density at radius 3 is 2.48 bits per heavy atom. The highest BCUT2D eigenvalue weighted by Crippen LogP contribution is 2.45. The molecule has 1 amide bonds. The molecule has 1 aliphatic carbocycles. The van der Waals surface area contributed by atoms with Gasteiger partial charge in [-0.1, -0.05) is 32.4 Å². The topological polar surface area (TPSA) is 90.4 Å². The molecule has 1 aromatic carbocycles. The number of nitrogens with two attached hydrogens (primary N) is 2. The average Bonchev–Trinajstić information content (AvgIpc) is 2.43. The van der Waals surface area contributed by atoms with E-state index in [0.29, 0.717) is 10.7 Å². The van der Waals surface area contributed by atoms with Crippen molar-refractivity contribution in [1.82, 2.24) is 0 Å². The normalized spacial score (nSPS) is 25.0. The highest BCUT2D eigenvalue weighted by atomic mass is 35.5. The van der Waals surface area contributed by atoms with Gasteiger partial charge in [-0.25, -0.2) is 4.79 Å². The van der Waals surface area contributed by atoms with Gasteiger partial charge in [-0.05, 0) is 43.9 Å². The van der Waals surface area contributed by atoms with Crippen LogP contribution in [0.1, 0.15) is 46.5 Å². The van der Waals surface area contributed by atoms with Gasteiger partial charge in [0.2, 0.25) is 0 Å². The Kier molecular flexibility index (Phi) is 4.99. The summed E-state index contributed by atoms with van der Waals surface area (Å²) in [7, 11) is 0. The number of halogens is 1. The molecule has 1 saturated carbocycles. The van der Waals surface area contributed by atoms with Crippen molar-refractivity contribution in [3.05, 3.63) is 23.2 Å². The molecule has 0 radical (unpaired) electrons. The third-order valence-corrected chi connectivity index (χ3v) is 5.07. The average molecular weight is 340 g/mol. The molecule has 0 bridgehead atoms. The molecule has 2 rings (SSSR count). The van der Waals surface area contributed by atoms with Crippen LogP contribution in [0.3, 0.4) is 0 Å². The van der Waals surface area contributed by atoms with Gasteiger partial charge in [-0.15, -0.1) is 0 Å². The standard InChI is InChI=1S/C17H26ClN3O2/c1-16(2,3)17(23-15(20)22)8-6-12(7-9-17)21-14-10-11(18)4-5-13(14)19/h4-5,10,12,21H,6-9,19H2,1-3H3,(H2,20,22)/t12-,17-. The quantitative estimate of drug-likeness (QED) is 0.721. The first-order chi connectivity index (χ1) is 10.6. The van der Waals surface area contributed by atoms with Gasteiger partial charge in [0.1, 0.15) is 5.60 Å². The van der Waals surface area contributed by atoms with Crippen molar-refractivity contribution in [3.63, 3.8) is 0 Å². The minimum atomic E-state index is -0.703. The number of nitrogen functional groups attached to an aromatic ring is 1. The van der Waals surface area contributed by atoms with Gasteiger partial charge >= 0.3 is 6.09 Å². The third-order valence-electron chi connectivity index (χ3n) is 4.83. The minimum Gasteiger partial charge on any atom is -0.443 e. The van der Waals surface area contributed by atoms with Crippen LogP contribution >= 0.6 is 11.6 Å². The van der Waals surface area contributed by atoms with Crippen LogP contribution in [-0.4, -0.2) is 17.7 Å². The summed E-state index contributed by atoms with van der Waals surface area (Å²) in [5.74, 6) is 0. The Bertz CT molecular complexity index is 576. The number of benzene rings is 1. The smallest absolute Gasteiger partial charge is 0.405 e. The van der Waals surface area contributed by atoms with Crippen LogP contribution in [0.4, 0.5) is 16.2 Å². The summed E-state index contributed by atoms with van der Waals surface area (Å²) in [6.45, 7) is 6.25. The maximum atomic E-state index is 11.3. The van der Waals surface area contributed by atoms with E-state index in [9.17, 15) is 4.79 Å². The number of rotatable bonds is 3. The number of carbonyl (C=O) groups excluding carboxylic acids is 1. The highest BCUT2D eigenvalue weighted by Gasteiger charge is 2.47. The van der Waals surface area contributed by atoms with E-state index in [1.54, 1.807) is 12.1 Å². The molecule has 0 unspecified atom stereocenters. The molecule has 0 atom stereocenters. The largest absolute Gasteiger partial charge is 0.443 e. The number of amides is 1. The van der Waals surface area contributed by atoms with Crippen LogP contribution in [-0.2, 0) is 4.74 Å². The maximum absolute atomic E-state index is 11.3. The molecule has 5 nitrogen and oxygen atoms in total. The lowest BCUT2D eigenvalue weighted by Crippen LogP contribution is -2.51. The first kappa shape index (κ1) is 17.7. The molecular weight excluding hydrogens is 314 g/mol. The summed E-state index contributed by atoms with van der Waals surface area (Å²) in [6, 6.07) is 5.67. The number of carbonyl (C=O) groups is 1. The Balaban J connectivity index is 2.07. The predicted molar refractivity (Wildman–Crippen MR) is 94.6 cm³/mol. The first-order valence-electron chi connectivity index (χ1n) is 7.93. The number of primary amides is 1. The van der Waals surface area contributed by atoms with Crippen molar-refractivity contribution >= 4 is 29.1 Å². The van der Waals surface area contributed by atoms with Gasteiger partial charge in [0, 0.05) is 16.5 Å². The molecule has 0 aromatic heterocycles. The lowest BCUT2D eigenvalue weighted by molar-refractivity contribution is -0.0904. The molecule has 0 heterocycles. The van der Waals surface area contributed by atoms with Gasteiger partial charge < -0.3 is 21.5 Å². The van der Waals surface area contributed by atoms with Crippen LogP contribution in [0.25, 0.3) is 0 Å². The van der Waals surface area contributed by atoms with Crippen molar-refractivity contribution in [2.24, 2.45) is 11.1 Å². The lowest BCUT2D eigenvalue weighted by Gasteiger charge is -2.47. The Hall–Kier alpha value is -1.62. The highest BCUT2D eigenvalue weighted by molar-refractivity contribution is 6.31. The van der Waals surface area contributed by atoms with Crippen LogP contribution < -0.4 is 16.8 Å². The molecule has 6 heteroatoms. The van der Waals surface area contributed by atoms with E-state index in [1.165, 1.54) is 0 Å². The number of hydrogen-bond donors (Lipinski definition) is 3. The predicted octanol–water partition coefficient (Wildman–Crippen LogP) is 4.16. The summed E-state index contributed by atoms with van der Waals surface area (Å²) >= 11 is 6.03. The van der Waals surface area contributed by atoms with Crippen LogP contribution in [0.5, 0.6) is 0 Å². The summed E-state index contributed by atoms with van der Waals surface area (Å²) in [4.78, 5) is 11.3. The first-order valence-corrected chi connectivity index (χ1v) is 8.31. The summed E-state index contributed by atoms with van der Waals surface area (Å²) < 4.78 is 5.55. The Morgan fingerprint density at radius 2 is 1.96 bits per heavy atom. The van der Waals surface area contributed by atoms with Gasteiger partial charge in [-0.2, -0.15) is 0 Å². The summed E-state index contributed by atoms with van der Waals surface area (Å²) in [6.07, 6.45) is 2.56. The van der Waals surface area contributed by atoms with Gasteiger partial charge in [-0.3, -0.25) is 0 Å². The molecule has 1 aliphatic rings.